The standard InChI is InChI=1S/C19H19FN4OS.C19H20N4OS.C18H16ClFN4OS/c1-11-8-13(5-6-15(11)20)21-19(25)24-10-14-16(9-12(24)2)22-23-18(14)17-4-3-7-26-17;1-12-5-3-6-14(9-12)20-19(24)23-11-15-16(10-13(23)2)21-22-18(15)17-7-4-8-25-17;1-10-7-15-12(17(23-22-15)16-3-2-6-26-16)9-24(10)18(25)21-11-4-5-14(20)13(19)8-11/h3-8,12H,9-10H2,1-2H3,(H,21,25)(H,22,23);3-9,13H,10-11H2,1-2H3,(H,20,24)(H,21,22);2-6,8,10H,7,9H2,1H3,(H,21,25)(H,22,23). The lowest BCUT2D eigenvalue weighted by Gasteiger charge is -2.33. The average molecular weight is 1110 g/mol. The molecule has 21 heteroatoms. The van der Waals surface area contributed by atoms with E-state index in [-0.39, 0.29) is 47.1 Å². The number of anilines is 3. The summed E-state index contributed by atoms with van der Waals surface area (Å²) >= 11 is 10.7. The molecule has 3 aliphatic rings. The molecule has 3 atom stereocenters. The average Bonchev–Trinajstić information content (AvgIpc) is 4.31. The highest BCUT2D eigenvalue weighted by Crippen LogP contribution is 2.36. The molecule has 0 aliphatic carbocycles. The Bertz CT molecular complexity index is 3390. The van der Waals surface area contributed by atoms with Crippen molar-refractivity contribution < 1.29 is 23.2 Å². The van der Waals surface area contributed by atoms with Gasteiger partial charge >= 0.3 is 18.1 Å². The molecule has 0 spiro atoms. The van der Waals surface area contributed by atoms with Gasteiger partial charge in [0.2, 0.25) is 0 Å². The molecule has 6 amide bonds. The Labute approximate surface area is 460 Å². The zero-order valence-electron chi connectivity index (χ0n) is 42.7. The molecule has 0 bridgehead atoms. The molecule has 9 heterocycles. The third-order valence-corrected chi connectivity index (χ3v) is 16.8. The van der Waals surface area contributed by atoms with Gasteiger partial charge in [0.15, 0.2) is 0 Å². The molecule has 0 fully saturated rings. The van der Waals surface area contributed by atoms with Crippen LogP contribution in [0.15, 0.2) is 113 Å². The summed E-state index contributed by atoms with van der Waals surface area (Å²) in [4.78, 5) is 47.1. The first kappa shape index (κ1) is 52.8. The first-order valence-electron chi connectivity index (χ1n) is 25.0. The summed E-state index contributed by atoms with van der Waals surface area (Å²) in [5.41, 5.74) is 12.8. The summed E-state index contributed by atoms with van der Waals surface area (Å²) in [6, 6.07) is 28.4. The van der Waals surface area contributed by atoms with Crippen LogP contribution in [0.1, 0.15) is 65.7 Å². The molecular formula is C56H55ClF2N12O3S3. The first-order chi connectivity index (χ1) is 37.2. The highest BCUT2D eigenvalue weighted by atomic mass is 35.5. The van der Waals surface area contributed by atoms with Crippen molar-refractivity contribution in [3.8, 4) is 31.7 Å². The van der Waals surface area contributed by atoms with Gasteiger partial charge in [0.25, 0.3) is 0 Å². The topological polar surface area (TPSA) is 183 Å². The fraction of sp³-hybridized carbons (Fsp3) is 0.250. The SMILES string of the molecule is CC1Cc2[nH]nc(-c3cccs3)c2CN1C(=O)Nc1ccc(F)c(Cl)c1.Cc1cc(NC(=O)N2Cc3c(-c4cccs4)n[nH]c3CC2C)ccc1F.Cc1cccc(NC(=O)N2Cc3c(-c4cccs4)n[nH]c3CC2C)c1. The van der Waals surface area contributed by atoms with E-state index < -0.39 is 5.82 Å². The quantitative estimate of drug-likeness (QED) is 0.0963. The first-order valence-corrected chi connectivity index (χ1v) is 28.0. The van der Waals surface area contributed by atoms with E-state index in [1.807, 2.05) is 96.4 Å². The second-order valence-corrected chi connectivity index (χ2v) is 22.6. The molecule has 6 aromatic heterocycles. The number of carbonyl (C=O) groups is 3. The Hall–Kier alpha value is -7.65. The van der Waals surface area contributed by atoms with Gasteiger partial charge in [-0.05, 0) is 129 Å². The Morgan fingerprint density at radius 1 is 0.532 bits per heavy atom. The fourth-order valence-corrected chi connectivity index (χ4v) is 12.1. The predicted molar refractivity (Wildman–Crippen MR) is 303 cm³/mol. The molecule has 0 saturated heterocycles. The number of aromatic nitrogens is 6. The summed E-state index contributed by atoms with van der Waals surface area (Å²) in [7, 11) is 0. The number of amides is 6. The highest BCUT2D eigenvalue weighted by molar-refractivity contribution is 7.14. The molecule has 6 N–H and O–H groups in total. The van der Waals surface area contributed by atoms with Crippen molar-refractivity contribution in [2.75, 3.05) is 16.0 Å². The minimum absolute atomic E-state index is 0.00931. The maximum absolute atomic E-state index is 13.4. The zero-order chi connectivity index (χ0) is 53.9. The summed E-state index contributed by atoms with van der Waals surface area (Å²) in [5, 5.41) is 37.5. The van der Waals surface area contributed by atoms with Gasteiger partial charge < -0.3 is 30.7 Å². The van der Waals surface area contributed by atoms with Crippen LogP contribution in [0.4, 0.5) is 40.2 Å². The van der Waals surface area contributed by atoms with E-state index in [1.165, 1.54) is 24.3 Å². The molecular weight excluding hydrogens is 1060 g/mol. The van der Waals surface area contributed by atoms with Gasteiger partial charge in [-0.15, -0.1) is 34.0 Å². The number of hydrogen-bond donors (Lipinski definition) is 6. The minimum Gasteiger partial charge on any atom is -0.317 e. The smallest absolute Gasteiger partial charge is 0.317 e. The Kier molecular flexibility index (Phi) is 15.7. The van der Waals surface area contributed by atoms with E-state index in [2.05, 4.69) is 59.5 Å². The van der Waals surface area contributed by atoms with Gasteiger partial charge in [-0.25, -0.2) is 23.2 Å². The van der Waals surface area contributed by atoms with Crippen molar-refractivity contribution in [3.63, 3.8) is 0 Å². The number of rotatable bonds is 6. The number of fused-ring (bicyclic) bond motifs is 3. The summed E-state index contributed by atoms with van der Waals surface area (Å²) < 4.78 is 26.7. The van der Waals surface area contributed by atoms with Crippen LogP contribution in [0, 0.1) is 25.5 Å². The number of halogens is 3. The van der Waals surface area contributed by atoms with Crippen LogP contribution in [-0.4, -0.2) is 81.5 Å². The molecule has 9 aromatic rings. The summed E-state index contributed by atoms with van der Waals surface area (Å²) in [6.45, 7) is 11.3. The van der Waals surface area contributed by atoms with E-state index in [1.54, 1.807) is 62.9 Å². The van der Waals surface area contributed by atoms with E-state index in [9.17, 15) is 23.2 Å². The number of urea groups is 3. The van der Waals surface area contributed by atoms with Crippen LogP contribution in [0.3, 0.4) is 0 Å². The minimum atomic E-state index is -0.514. The van der Waals surface area contributed by atoms with Crippen molar-refractivity contribution in [1.29, 1.82) is 0 Å². The van der Waals surface area contributed by atoms with Crippen molar-refractivity contribution in [1.82, 2.24) is 45.3 Å². The Balaban J connectivity index is 0.000000131. The molecule has 3 unspecified atom stereocenters. The molecule has 12 rings (SSSR count). The van der Waals surface area contributed by atoms with Crippen molar-refractivity contribution in [2.24, 2.45) is 0 Å². The molecule has 0 saturated carbocycles. The summed E-state index contributed by atoms with van der Waals surface area (Å²) in [6.07, 6.45) is 2.21. The number of H-pyrrole nitrogens is 3. The van der Waals surface area contributed by atoms with E-state index in [4.69, 9.17) is 11.6 Å². The number of hydrogen-bond acceptors (Lipinski definition) is 9. The van der Waals surface area contributed by atoms with Crippen molar-refractivity contribution in [3.05, 3.63) is 175 Å². The molecule has 0 radical (unpaired) electrons. The van der Waals surface area contributed by atoms with Gasteiger partial charge in [0.1, 0.15) is 28.7 Å². The van der Waals surface area contributed by atoms with Crippen LogP contribution in [0.2, 0.25) is 5.02 Å². The van der Waals surface area contributed by atoms with Crippen LogP contribution in [0.5, 0.6) is 0 Å². The van der Waals surface area contributed by atoms with Crippen LogP contribution in [-0.2, 0) is 38.9 Å². The third kappa shape index (κ3) is 11.7. The number of carbonyl (C=O) groups excluding carboxylic acids is 3. The number of aryl methyl sites for hydroxylation is 2. The lowest BCUT2D eigenvalue weighted by atomic mass is 9.99. The highest BCUT2D eigenvalue weighted by Gasteiger charge is 2.34. The van der Waals surface area contributed by atoms with Crippen molar-refractivity contribution in [2.45, 2.75) is 91.6 Å². The van der Waals surface area contributed by atoms with Gasteiger partial charge in [0.05, 0.1) is 39.3 Å². The fourth-order valence-electron chi connectivity index (χ4n) is 9.69. The Morgan fingerprint density at radius 2 is 0.922 bits per heavy atom. The number of thiophene rings is 3. The maximum Gasteiger partial charge on any atom is 0.322 e. The second kappa shape index (κ2) is 22.9. The van der Waals surface area contributed by atoms with Gasteiger partial charge in [-0.3, -0.25) is 15.3 Å². The van der Waals surface area contributed by atoms with Crippen molar-refractivity contribution >= 4 is 80.8 Å². The maximum atomic E-state index is 13.4. The number of aromatic amines is 3. The molecule has 396 valence electrons. The lowest BCUT2D eigenvalue weighted by molar-refractivity contribution is 0.181. The number of nitrogens with one attached hydrogen (secondary N) is 6. The third-order valence-electron chi connectivity index (χ3n) is 13.8. The molecule has 3 aliphatic heterocycles. The normalized spacial score (nSPS) is 16.5. The van der Waals surface area contributed by atoms with E-state index in [0.717, 1.165) is 89.6 Å². The monoisotopic (exact) mass is 1110 g/mol. The Morgan fingerprint density at radius 3 is 1.29 bits per heavy atom. The lowest BCUT2D eigenvalue weighted by Crippen LogP contribution is -2.44. The largest absolute Gasteiger partial charge is 0.322 e. The van der Waals surface area contributed by atoms with E-state index >= 15 is 0 Å². The van der Waals surface area contributed by atoms with Gasteiger partial charge in [-0.2, -0.15) is 15.3 Å². The molecule has 15 nitrogen and oxygen atoms in total. The van der Waals surface area contributed by atoms with Gasteiger partial charge in [-0.1, -0.05) is 41.9 Å². The van der Waals surface area contributed by atoms with Gasteiger partial charge in [0, 0.05) is 88.2 Å². The second-order valence-electron chi connectivity index (χ2n) is 19.3. The number of nitrogens with zero attached hydrogens (tertiary/aromatic N) is 6. The van der Waals surface area contributed by atoms with E-state index in [0.29, 0.717) is 43.0 Å². The van der Waals surface area contributed by atoms with Crippen LogP contribution >= 0.6 is 45.6 Å². The molecule has 3 aromatic carbocycles. The van der Waals surface area contributed by atoms with Crippen LogP contribution < -0.4 is 16.0 Å². The number of benzene rings is 3. The summed E-state index contributed by atoms with van der Waals surface area (Å²) in [5.74, 6) is -0.794. The molecule has 77 heavy (non-hydrogen) atoms. The zero-order valence-corrected chi connectivity index (χ0v) is 45.9. The van der Waals surface area contributed by atoms with Crippen LogP contribution in [0.25, 0.3) is 31.7 Å². The predicted octanol–water partition coefficient (Wildman–Crippen LogP) is 13.9.